The molecule has 1 aliphatic heterocycles. The molecule has 0 amide bonds. The van der Waals surface area contributed by atoms with Crippen molar-refractivity contribution in [1.29, 1.82) is 0 Å². The molecule has 2 aromatic rings. The zero-order valence-corrected chi connectivity index (χ0v) is 13.8. The van der Waals surface area contributed by atoms with Crippen LogP contribution in [0.4, 0.5) is 23.2 Å². The van der Waals surface area contributed by atoms with Crippen molar-refractivity contribution in [2.45, 2.75) is 11.8 Å². The smallest absolute Gasteiger partial charge is 0.396 e. The number of anilines is 1. The summed E-state index contributed by atoms with van der Waals surface area (Å²) in [5, 5.41) is 0.0124. The van der Waals surface area contributed by atoms with Crippen molar-refractivity contribution < 1.29 is 22.4 Å². The summed E-state index contributed by atoms with van der Waals surface area (Å²) in [5.41, 5.74) is 3.81. The van der Waals surface area contributed by atoms with Gasteiger partial charge in [-0.2, -0.15) is 13.2 Å². The summed E-state index contributed by atoms with van der Waals surface area (Å²) < 4.78 is 55.6. The van der Waals surface area contributed by atoms with E-state index in [-0.39, 0.29) is 32.6 Å². The lowest BCUT2D eigenvalue weighted by molar-refractivity contribution is -0.269. The van der Waals surface area contributed by atoms with Crippen LogP contribution in [0, 0.1) is 5.82 Å². The number of alkyl halides is 3. The summed E-state index contributed by atoms with van der Waals surface area (Å²) >= 11 is 11.6. The van der Waals surface area contributed by atoms with E-state index in [0.29, 0.717) is 0 Å². The van der Waals surface area contributed by atoms with Gasteiger partial charge in [-0.25, -0.2) is 4.39 Å². The maximum atomic E-state index is 14.1. The molecule has 3 nitrogen and oxygen atoms in total. The zero-order valence-electron chi connectivity index (χ0n) is 12.3. The molecule has 0 spiro atoms. The highest BCUT2D eigenvalue weighted by Crippen LogP contribution is 2.48. The molecule has 0 aromatic heterocycles. The summed E-state index contributed by atoms with van der Waals surface area (Å²) in [4.78, 5) is 4.87. The maximum absolute atomic E-state index is 14.1. The van der Waals surface area contributed by atoms with Crippen LogP contribution in [0.1, 0.15) is 11.1 Å². The molecule has 1 heterocycles. The van der Waals surface area contributed by atoms with Crippen molar-refractivity contribution in [3.05, 3.63) is 69.5 Å². The van der Waals surface area contributed by atoms with Crippen LogP contribution in [0.5, 0.6) is 0 Å². The molecule has 0 bridgehead atoms. The lowest BCUT2D eigenvalue weighted by atomic mass is 9.91. The van der Waals surface area contributed by atoms with E-state index in [0.717, 1.165) is 18.2 Å². The molecule has 1 atom stereocenters. The Morgan fingerprint density at radius 2 is 1.72 bits per heavy atom. The average Bonchev–Trinajstić information content (AvgIpc) is 2.95. The summed E-state index contributed by atoms with van der Waals surface area (Å²) in [7, 11) is 0. The number of hydroxylamine groups is 1. The van der Waals surface area contributed by atoms with Gasteiger partial charge in [-0.1, -0.05) is 29.3 Å². The fourth-order valence-electron chi connectivity index (χ4n) is 2.50. The Balaban J connectivity index is 2.19. The highest BCUT2D eigenvalue weighted by Gasteiger charge is 2.59. The normalized spacial score (nSPS) is 20.3. The fourth-order valence-corrected chi connectivity index (χ4v) is 3.03. The number of nitrogen functional groups attached to an aromatic ring is 1. The molecule has 3 N–H and O–H groups in total. The second-order valence-corrected chi connectivity index (χ2v) is 6.24. The minimum absolute atomic E-state index is 0.00621. The molecule has 1 unspecified atom stereocenters. The van der Waals surface area contributed by atoms with Crippen molar-refractivity contribution in [3.63, 3.8) is 0 Å². The van der Waals surface area contributed by atoms with Gasteiger partial charge < -0.3 is 5.73 Å². The van der Waals surface area contributed by atoms with Crippen molar-refractivity contribution in [2.75, 3.05) is 5.73 Å². The lowest BCUT2D eigenvalue weighted by Gasteiger charge is -2.28. The van der Waals surface area contributed by atoms with E-state index >= 15 is 0 Å². The maximum Gasteiger partial charge on any atom is 0.428 e. The number of nitrogens with one attached hydrogen (secondary N) is 1. The largest absolute Gasteiger partial charge is 0.428 e. The third-order valence-corrected chi connectivity index (χ3v) is 4.14. The highest BCUT2D eigenvalue weighted by atomic mass is 35.5. The van der Waals surface area contributed by atoms with Gasteiger partial charge in [-0.05, 0) is 36.4 Å². The molecular weight excluding hydrogens is 383 g/mol. The third kappa shape index (κ3) is 3.03. The summed E-state index contributed by atoms with van der Waals surface area (Å²) in [5.74, 6) is -0.855. The van der Waals surface area contributed by atoms with Gasteiger partial charge in [0.15, 0.2) is 5.82 Å². The Labute approximate surface area is 149 Å². The minimum Gasteiger partial charge on any atom is -0.396 e. The monoisotopic (exact) mass is 392 g/mol. The van der Waals surface area contributed by atoms with Gasteiger partial charge >= 0.3 is 6.18 Å². The van der Waals surface area contributed by atoms with E-state index in [2.05, 4.69) is 5.48 Å². The van der Waals surface area contributed by atoms with Crippen LogP contribution in [0.15, 0.2) is 42.5 Å². The fraction of sp³-hybridized carbons (Fsp3) is 0.125. The number of benzene rings is 2. The number of nitrogens with two attached hydrogens (primary N) is 1. The standard InChI is InChI=1S/C16H10Cl2F4N2O/c17-9-4-8(5-10(18)6-9)15(16(20,21)22)7-13(24-25-15)11-2-1-3-12(23)14(11)19/h1-7,24H,23H2. The van der Waals surface area contributed by atoms with Gasteiger partial charge in [0.05, 0.1) is 11.4 Å². The molecule has 0 radical (unpaired) electrons. The Kier molecular flexibility index (Phi) is 4.35. The second-order valence-electron chi connectivity index (χ2n) is 5.36. The van der Waals surface area contributed by atoms with Gasteiger partial charge in [0.25, 0.3) is 0 Å². The molecule has 132 valence electrons. The minimum atomic E-state index is -4.87. The highest BCUT2D eigenvalue weighted by molar-refractivity contribution is 6.34. The Bertz CT molecular complexity index is 849. The van der Waals surface area contributed by atoms with Crippen LogP contribution >= 0.6 is 23.2 Å². The Morgan fingerprint density at radius 1 is 1.08 bits per heavy atom. The zero-order chi connectivity index (χ0) is 18.4. The Morgan fingerprint density at radius 3 is 2.32 bits per heavy atom. The number of rotatable bonds is 2. The molecule has 0 fully saturated rings. The molecule has 0 saturated heterocycles. The third-order valence-electron chi connectivity index (χ3n) is 3.70. The molecule has 9 heteroatoms. The van der Waals surface area contributed by atoms with Crippen LogP contribution < -0.4 is 11.2 Å². The van der Waals surface area contributed by atoms with Gasteiger partial charge in [-0.3, -0.25) is 10.3 Å². The molecule has 2 aromatic carbocycles. The molecule has 0 saturated carbocycles. The molecular formula is C16H10Cl2F4N2O. The van der Waals surface area contributed by atoms with E-state index in [1.807, 2.05) is 0 Å². The van der Waals surface area contributed by atoms with Gasteiger partial charge in [0.2, 0.25) is 5.60 Å². The van der Waals surface area contributed by atoms with E-state index < -0.39 is 17.6 Å². The number of hydrogen-bond acceptors (Lipinski definition) is 3. The van der Waals surface area contributed by atoms with Crippen molar-refractivity contribution in [2.24, 2.45) is 0 Å². The summed E-state index contributed by atoms with van der Waals surface area (Å²) in [6, 6.07) is 7.45. The van der Waals surface area contributed by atoms with Crippen molar-refractivity contribution >= 4 is 34.6 Å². The van der Waals surface area contributed by atoms with Crippen molar-refractivity contribution in [3.8, 4) is 0 Å². The van der Waals surface area contributed by atoms with Crippen LogP contribution in [-0.2, 0) is 10.4 Å². The van der Waals surface area contributed by atoms with Gasteiger partial charge in [0.1, 0.15) is 0 Å². The number of halogens is 6. The van der Waals surface area contributed by atoms with Crippen molar-refractivity contribution in [1.82, 2.24) is 5.48 Å². The first-order valence-corrected chi connectivity index (χ1v) is 7.64. The predicted molar refractivity (Wildman–Crippen MR) is 87.2 cm³/mol. The van der Waals surface area contributed by atoms with E-state index in [9.17, 15) is 17.6 Å². The van der Waals surface area contributed by atoms with Gasteiger partial charge in [0, 0.05) is 21.2 Å². The molecule has 3 rings (SSSR count). The predicted octanol–water partition coefficient (Wildman–Crippen LogP) is 5.05. The first kappa shape index (κ1) is 17.8. The van der Waals surface area contributed by atoms with Gasteiger partial charge in [-0.15, -0.1) is 0 Å². The SMILES string of the molecule is Nc1cccc(C2=CC(c3cc(Cl)cc(Cl)c3)(C(F)(F)F)ON2)c1F. The second kappa shape index (κ2) is 6.09. The van der Waals surface area contributed by atoms with Crippen LogP contribution in [0.3, 0.4) is 0 Å². The van der Waals surface area contributed by atoms with Crippen LogP contribution in [0.25, 0.3) is 5.70 Å². The summed E-state index contributed by atoms with van der Waals surface area (Å²) in [6.07, 6.45) is -4.14. The molecule has 1 aliphatic rings. The first-order valence-electron chi connectivity index (χ1n) is 6.88. The van der Waals surface area contributed by atoms with E-state index in [1.165, 1.54) is 24.3 Å². The molecule has 25 heavy (non-hydrogen) atoms. The number of hydrogen-bond donors (Lipinski definition) is 2. The van der Waals surface area contributed by atoms with Crippen LogP contribution in [-0.4, -0.2) is 6.18 Å². The molecule has 0 aliphatic carbocycles. The van der Waals surface area contributed by atoms with E-state index in [4.69, 9.17) is 33.8 Å². The summed E-state index contributed by atoms with van der Waals surface area (Å²) in [6.45, 7) is 0. The topological polar surface area (TPSA) is 47.3 Å². The van der Waals surface area contributed by atoms with E-state index in [1.54, 1.807) is 0 Å². The average molecular weight is 393 g/mol. The quantitative estimate of drug-likeness (QED) is 0.555. The van der Waals surface area contributed by atoms with Crippen LogP contribution in [0.2, 0.25) is 10.0 Å². The first-order chi connectivity index (χ1) is 11.6. The lowest BCUT2D eigenvalue weighted by Crippen LogP contribution is -2.42. The Hall–Kier alpha value is -1.96.